The van der Waals surface area contributed by atoms with Crippen LogP contribution in [0.1, 0.15) is 5.56 Å². The minimum Gasteiger partial charge on any atom is -0.329 e. The summed E-state index contributed by atoms with van der Waals surface area (Å²) in [5.74, 6) is -0.553. The first-order chi connectivity index (χ1) is 12.5. The van der Waals surface area contributed by atoms with Crippen molar-refractivity contribution in [2.45, 2.75) is 0 Å². The van der Waals surface area contributed by atoms with Gasteiger partial charge in [0.15, 0.2) is 0 Å². The van der Waals surface area contributed by atoms with Crippen molar-refractivity contribution in [3.63, 3.8) is 0 Å². The summed E-state index contributed by atoms with van der Waals surface area (Å²) in [4.78, 5) is 33.4. The minimum absolute atomic E-state index is 0.158. The molecule has 0 spiro atoms. The van der Waals surface area contributed by atoms with E-state index in [2.05, 4.69) is 21.2 Å². The Balaban J connectivity index is 1.78. The molecule has 0 fully saturated rings. The molecule has 0 bridgehead atoms. The second kappa shape index (κ2) is 9.14. The van der Waals surface area contributed by atoms with E-state index in [9.17, 15) is 19.7 Å². The van der Waals surface area contributed by atoms with E-state index in [4.69, 9.17) is 11.6 Å². The first kappa shape index (κ1) is 18.9. The zero-order valence-electron chi connectivity index (χ0n) is 13.3. The normalized spacial score (nSPS) is 10.3. The topological polar surface area (TPSA) is 126 Å². The lowest BCUT2D eigenvalue weighted by Gasteiger charge is -2.06. The monoisotopic (exact) mass is 375 g/mol. The molecule has 0 saturated heterocycles. The Morgan fingerprint density at radius 1 is 1.19 bits per heavy atom. The molecule has 0 aromatic heterocycles. The quantitative estimate of drug-likeness (QED) is 0.407. The predicted molar refractivity (Wildman–Crippen MR) is 97.3 cm³/mol. The molecule has 0 unspecified atom stereocenters. The third-order valence-electron chi connectivity index (χ3n) is 3.02. The Kier molecular flexibility index (Phi) is 6.63. The van der Waals surface area contributed by atoms with E-state index in [1.807, 2.05) is 0 Å². The van der Waals surface area contributed by atoms with Crippen molar-refractivity contribution >= 4 is 41.1 Å². The fourth-order valence-corrected chi connectivity index (χ4v) is 2.01. The van der Waals surface area contributed by atoms with Gasteiger partial charge in [-0.2, -0.15) is 5.10 Å². The Morgan fingerprint density at radius 3 is 2.69 bits per heavy atom. The highest BCUT2D eigenvalue weighted by Gasteiger charge is 2.09. The minimum atomic E-state index is -0.685. The lowest BCUT2D eigenvalue weighted by molar-refractivity contribution is -0.384. The number of rotatable bonds is 6. The van der Waals surface area contributed by atoms with Gasteiger partial charge in [-0.1, -0.05) is 35.9 Å². The summed E-state index contributed by atoms with van der Waals surface area (Å²) in [6.45, 7) is -0.333. The number of non-ortho nitro benzene ring substituents is 1. The summed E-state index contributed by atoms with van der Waals surface area (Å²) >= 11 is 5.94. The summed E-state index contributed by atoms with van der Waals surface area (Å²) in [5.41, 5.74) is 2.94. The summed E-state index contributed by atoms with van der Waals surface area (Å²) in [7, 11) is 0. The van der Waals surface area contributed by atoms with Crippen LogP contribution in [0.3, 0.4) is 0 Å². The molecule has 10 heteroatoms. The van der Waals surface area contributed by atoms with Crippen LogP contribution in [-0.4, -0.2) is 29.6 Å². The number of nitro benzene ring substituents is 1. The zero-order valence-corrected chi connectivity index (χ0v) is 14.1. The summed E-state index contributed by atoms with van der Waals surface area (Å²) in [6, 6.07) is 11.7. The SMILES string of the molecule is O=C(CNC(=O)Nc1cccc([N+](=O)[O-])c1)N/N=C/c1ccccc1Cl. The molecular weight excluding hydrogens is 362 g/mol. The van der Waals surface area contributed by atoms with Gasteiger partial charge in [0.05, 0.1) is 11.1 Å². The van der Waals surface area contributed by atoms with Gasteiger partial charge in [0, 0.05) is 28.4 Å². The van der Waals surface area contributed by atoms with E-state index in [0.29, 0.717) is 10.6 Å². The first-order valence-corrected chi connectivity index (χ1v) is 7.69. The lowest BCUT2D eigenvalue weighted by atomic mass is 10.2. The van der Waals surface area contributed by atoms with Crippen molar-refractivity contribution in [3.8, 4) is 0 Å². The molecule has 3 amide bonds. The number of benzene rings is 2. The number of carbonyl (C=O) groups is 2. The van der Waals surface area contributed by atoms with Crippen molar-refractivity contribution < 1.29 is 14.5 Å². The second-order valence-corrected chi connectivity index (χ2v) is 5.34. The fourth-order valence-electron chi connectivity index (χ4n) is 1.83. The number of hydrogen-bond donors (Lipinski definition) is 3. The number of urea groups is 1. The van der Waals surface area contributed by atoms with Crippen molar-refractivity contribution in [3.05, 3.63) is 69.2 Å². The molecule has 2 aromatic carbocycles. The number of hydrogen-bond acceptors (Lipinski definition) is 5. The highest BCUT2D eigenvalue weighted by Crippen LogP contribution is 2.16. The molecule has 0 radical (unpaired) electrons. The van der Waals surface area contributed by atoms with Gasteiger partial charge in [-0.3, -0.25) is 14.9 Å². The summed E-state index contributed by atoms with van der Waals surface area (Å²) in [6.07, 6.45) is 1.38. The van der Waals surface area contributed by atoms with Crippen molar-refractivity contribution in [1.82, 2.24) is 10.7 Å². The number of nitrogens with one attached hydrogen (secondary N) is 3. The number of nitrogens with zero attached hydrogens (tertiary/aromatic N) is 2. The highest BCUT2D eigenvalue weighted by molar-refractivity contribution is 6.33. The van der Waals surface area contributed by atoms with Crippen LogP contribution in [0.25, 0.3) is 0 Å². The highest BCUT2D eigenvalue weighted by atomic mass is 35.5. The Labute approximate surface area is 153 Å². The van der Waals surface area contributed by atoms with Crippen LogP contribution in [0.2, 0.25) is 5.02 Å². The molecule has 0 saturated carbocycles. The maximum Gasteiger partial charge on any atom is 0.319 e. The molecule has 0 aliphatic rings. The molecule has 0 heterocycles. The molecule has 2 rings (SSSR count). The Hall–Kier alpha value is -3.46. The zero-order chi connectivity index (χ0) is 18.9. The molecule has 26 heavy (non-hydrogen) atoms. The van der Waals surface area contributed by atoms with Crippen molar-refractivity contribution in [2.24, 2.45) is 5.10 Å². The van der Waals surface area contributed by atoms with Gasteiger partial charge in [0.1, 0.15) is 6.54 Å². The van der Waals surface area contributed by atoms with Crippen molar-refractivity contribution in [2.75, 3.05) is 11.9 Å². The van der Waals surface area contributed by atoms with Gasteiger partial charge in [-0.15, -0.1) is 0 Å². The smallest absolute Gasteiger partial charge is 0.319 e. The standard InChI is InChI=1S/C16H14ClN5O4/c17-14-7-2-1-4-11(14)9-19-21-15(23)10-18-16(24)20-12-5-3-6-13(8-12)22(25)26/h1-9H,10H2,(H,21,23)(H2,18,20,24)/b19-9+. The number of amides is 3. The number of halogens is 1. The van der Waals surface area contributed by atoms with E-state index >= 15 is 0 Å². The Bertz CT molecular complexity index is 856. The van der Waals surface area contributed by atoms with Gasteiger partial charge in [0.2, 0.25) is 0 Å². The van der Waals surface area contributed by atoms with E-state index < -0.39 is 16.9 Å². The van der Waals surface area contributed by atoms with Gasteiger partial charge in [-0.25, -0.2) is 10.2 Å². The van der Waals surface area contributed by atoms with Gasteiger partial charge in [0.25, 0.3) is 11.6 Å². The Morgan fingerprint density at radius 2 is 1.96 bits per heavy atom. The molecular formula is C16H14ClN5O4. The van der Waals surface area contributed by atoms with Gasteiger partial charge < -0.3 is 10.6 Å². The molecule has 0 aliphatic carbocycles. The van der Waals surface area contributed by atoms with E-state index in [1.54, 1.807) is 24.3 Å². The van der Waals surface area contributed by atoms with Crippen molar-refractivity contribution in [1.29, 1.82) is 0 Å². The van der Waals surface area contributed by atoms with E-state index in [-0.39, 0.29) is 17.9 Å². The third-order valence-corrected chi connectivity index (χ3v) is 3.37. The number of nitro groups is 1. The third kappa shape index (κ3) is 5.87. The molecule has 3 N–H and O–H groups in total. The van der Waals surface area contributed by atoms with Gasteiger partial charge >= 0.3 is 6.03 Å². The first-order valence-electron chi connectivity index (χ1n) is 7.31. The molecule has 0 atom stereocenters. The number of hydrazone groups is 1. The predicted octanol–water partition coefficient (Wildman–Crippen LogP) is 2.52. The van der Waals surface area contributed by atoms with Crippen LogP contribution in [0.4, 0.5) is 16.2 Å². The second-order valence-electron chi connectivity index (χ2n) is 4.93. The van der Waals surface area contributed by atoms with E-state index in [1.165, 1.54) is 30.5 Å². The fraction of sp³-hybridized carbons (Fsp3) is 0.0625. The largest absolute Gasteiger partial charge is 0.329 e. The van der Waals surface area contributed by atoms with Crippen LogP contribution < -0.4 is 16.1 Å². The molecule has 0 aliphatic heterocycles. The lowest BCUT2D eigenvalue weighted by Crippen LogP contribution is -2.37. The molecule has 2 aromatic rings. The molecule has 9 nitrogen and oxygen atoms in total. The summed E-state index contributed by atoms with van der Waals surface area (Å²) in [5, 5.41) is 19.6. The van der Waals surface area contributed by atoms with E-state index in [0.717, 1.165) is 0 Å². The number of anilines is 1. The van der Waals surface area contributed by atoms with Crippen LogP contribution in [0, 0.1) is 10.1 Å². The molecule has 134 valence electrons. The van der Waals surface area contributed by atoms with Crippen LogP contribution >= 0.6 is 11.6 Å². The van der Waals surface area contributed by atoms with Crippen LogP contribution in [-0.2, 0) is 4.79 Å². The average molecular weight is 376 g/mol. The van der Waals surface area contributed by atoms with Crippen LogP contribution in [0.15, 0.2) is 53.6 Å². The van der Waals surface area contributed by atoms with Crippen LogP contribution in [0.5, 0.6) is 0 Å². The maximum absolute atomic E-state index is 11.7. The maximum atomic E-state index is 11.7. The van der Waals surface area contributed by atoms with Gasteiger partial charge in [-0.05, 0) is 12.1 Å². The number of carbonyl (C=O) groups excluding carboxylic acids is 2. The average Bonchev–Trinajstić information content (AvgIpc) is 2.62. The summed E-state index contributed by atoms with van der Waals surface area (Å²) < 4.78 is 0.